The second kappa shape index (κ2) is 6.19. The van der Waals surface area contributed by atoms with Gasteiger partial charge in [-0.05, 0) is 57.9 Å². The lowest BCUT2D eigenvalue weighted by molar-refractivity contribution is 0.238. The summed E-state index contributed by atoms with van der Waals surface area (Å²) in [4.78, 5) is 2.51. The molecule has 2 aliphatic rings. The van der Waals surface area contributed by atoms with Gasteiger partial charge in [0, 0.05) is 25.2 Å². The number of rotatable bonds is 9. The second-order valence-corrected chi connectivity index (χ2v) is 6.27. The number of likely N-dealkylation sites (N-methyl/N-ethyl adjacent to an activating group) is 1. The van der Waals surface area contributed by atoms with Gasteiger partial charge in [-0.25, -0.2) is 0 Å². The van der Waals surface area contributed by atoms with Crippen LogP contribution in [0.2, 0.25) is 0 Å². The molecule has 2 saturated carbocycles. The first kappa shape index (κ1) is 13.4. The third-order valence-electron chi connectivity index (χ3n) is 4.56. The summed E-state index contributed by atoms with van der Waals surface area (Å²) in [5.41, 5.74) is 0. The molecule has 1 N–H and O–H groups in total. The Morgan fingerprint density at radius 3 is 2.24 bits per heavy atom. The lowest BCUT2D eigenvalue weighted by Gasteiger charge is -2.26. The molecule has 0 aromatic heterocycles. The van der Waals surface area contributed by atoms with Gasteiger partial charge in [0.05, 0.1) is 0 Å². The Hall–Kier alpha value is -0.0800. The highest BCUT2D eigenvalue weighted by Gasteiger charge is 2.40. The minimum Gasteiger partial charge on any atom is -0.312 e. The van der Waals surface area contributed by atoms with E-state index in [0.717, 1.165) is 23.9 Å². The molecule has 100 valence electrons. The van der Waals surface area contributed by atoms with Crippen molar-refractivity contribution in [3.63, 3.8) is 0 Å². The van der Waals surface area contributed by atoms with E-state index in [1.165, 1.54) is 51.6 Å². The van der Waals surface area contributed by atoms with Crippen LogP contribution in [0.15, 0.2) is 0 Å². The van der Waals surface area contributed by atoms with Crippen LogP contribution in [0.1, 0.15) is 52.4 Å². The van der Waals surface area contributed by atoms with Gasteiger partial charge in [-0.2, -0.15) is 0 Å². The summed E-state index contributed by atoms with van der Waals surface area (Å²) in [6.45, 7) is 7.01. The molecule has 1 unspecified atom stereocenters. The van der Waals surface area contributed by atoms with E-state index < -0.39 is 0 Å². The van der Waals surface area contributed by atoms with Gasteiger partial charge in [-0.15, -0.1) is 0 Å². The van der Waals surface area contributed by atoms with E-state index in [2.05, 4.69) is 31.1 Å². The van der Waals surface area contributed by atoms with Gasteiger partial charge in [0.1, 0.15) is 0 Å². The van der Waals surface area contributed by atoms with Crippen molar-refractivity contribution < 1.29 is 0 Å². The first-order chi connectivity index (χ1) is 8.22. The Labute approximate surface area is 107 Å². The first-order valence-corrected chi connectivity index (χ1v) is 7.66. The molecule has 17 heavy (non-hydrogen) atoms. The van der Waals surface area contributed by atoms with Crippen LogP contribution in [0.5, 0.6) is 0 Å². The van der Waals surface area contributed by atoms with E-state index in [1.54, 1.807) is 0 Å². The maximum absolute atomic E-state index is 3.83. The zero-order valence-corrected chi connectivity index (χ0v) is 11.9. The summed E-state index contributed by atoms with van der Waals surface area (Å²) in [5.74, 6) is 2.06. The van der Waals surface area contributed by atoms with Crippen LogP contribution >= 0.6 is 0 Å². The van der Waals surface area contributed by atoms with E-state index in [0.29, 0.717) is 0 Å². The first-order valence-electron chi connectivity index (χ1n) is 7.66. The Morgan fingerprint density at radius 1 is 1.18 bits per heavy atom. The monoisotopic (exact) mass is 238 g/mol. The number of nitrogens with one attached hydrogen (secondary N) is 1. The van der Waals surface area contributed by atoms with E-state index >= 15 is 0 Å². The Morgan fingerprint density at radius 2 is 1.76 bits per heavy atom. The van der Waals surface area contributed by atoms with Gasteiger partial charge in [0.25, 0.3) is 0 Å². The van der Waals surface area contributed by atoms with Crippen molar-refractivity contribution in [1.82, 2.24) is 10.2 Å². The minimum atomic E-state index is 0.738. The molecule has 0 aliphatic heterocycles. The molecule has 2 fully saturated rings. The molecule has 0 radical (unpaired) electrons. The average molecular weight is 238 g/mol. The highest BCUT2D eigenvalue weighted by atomic mass is 15.1. The highest BCUT2D eigenvalue weighted by Crippen LogP contribution is 2.44. The molecule has 2 heteroatoms. The Bertz CT molecular complexity index is 209. The van der Waals surface area contributed by atoms with Crippen LogP contribution in [0, 0.1) is 11.8 Å². The molecule has 0 aromatic carbocycles. The molecule has 1 atom stereocenters. The van der Waals surface area contributed by atoms with Crippen LogP contribution in [0.3, 0.4) is 0 Å². The summed E-state index contributed by atoms with van der Waals surface area (Å²) in [5, 5.41) is 3.83. The van der Waals surface area contributed by atoms with Crippen molar-refractivity contribution in [2.24, 2.45) is 11.8 Å². The number of hydrogen-bond donors (Lipinski definition) is 1. The molecular formula is C15H30N2. The van der Waals surface area contributed by atoms with Gasteiger partial charge in [0.15, 0.2) is 0 Å². The lowest BCUT2D eigenvalue weighted by atomic mass is 10.1. The maximum Gasteiger partial charge on any atom is 0.0124 e. The van der Waals surface area contributed by atoms with Crippen molar-refractivity contribution >= 4 is 0 Å². The van der Waals surface area contributed by atoms with Crippen molar-refractivity contribution in [2.45, 2.75) is 64.5 Å². The SMILES string of the molecule is CCCC(C)N(C)CCNC(C1CC1)C1CC1. The predicted molar refractivity (Wildman–Crippen MR) is 74.2 cm³/mol. The van der Waals surface area contributed by atoms with Crippen LogP contribution in [-0.4, -0.2) is 37.1 Å². The van der Waals surface area contributed by atoms with Gasteiger partial charge in [0.2, 0.25) is 0 Å². The van der Waals surface area contributed by atoms with E-state index in [9.17, 15) is 0 Å². The summed E-state index contributed by atoms with van der Waals surface area (Å²) >= 11 is 0. The molecular weight excluding hydrogens is 208 g/mol. The van der Waals surface area contributed by atoms with Crippen LogP contribution in [0.25, 0.3) is 0 Å². The number of hydrogen-bond acceptors (Lipinski definition) is 2. The number of nitrogens with zero attached hydrogens (tertiary/aromatic N) is 1. The van der Waals surface area contributed by atoms with Crippen molar-refractivity contribution in [3.05, 3.63) is 0 Å². The maximum atomic E-state index is 3.83. The summed E-state index contributed by atoms with van der Waals surface area (Å²) in [6, 6.07) is 1.60. The van der Waals surface area contributed by atoms with Crippen LogP contribution in [-0.2, 0) is 0 Å². The predicted octanol–water partition coefficient (Wildman–Crippen LogP) is 2.89. The van der Waals surface area contributed by atoms with Crippen molar-refractivity contribution in [1.29, 1.82) is 0 Å². The second-order valence-electron chi connectivity index (χ2n) is 6.27. The summed E-state index contributed by atoms with van der Waals surface area (Å²) in [6.07, 6.45) is 8.55. The van der Waals surface area contributed by atoms with Crippen LogP contribution in [0.4, 0.5) is 0 Å². The smallest absolute Gasteiger partial charge is 0.0124 e. The van der Waals surface area contributed by atoms with Crippen molar-refractivity contribution in [2.75, 3.05) is 20.1 Å². The third kappa shape index (κ3) is 4.26. The molecule has 0 aromatic rings. The quantitative estimate of drug-likeness (QED) is 0.664. The average Bonchev–Trinajstić information content (AvgIpc) is 3.17. The lowest BCUT2D eigenvalue weighted by Crippen LogP contribution is -2.40. The Kier molecular flexibility index (Phi) is 4.87. The van der Waals surface area contributed by atoms with E-state index in [4.69, 9.17) is 0 Å². The van der Waals surface area contributed by atoms with E-state index in [-0.39, 0.29) is 0 Å². The largest absolute Gasteiger partial charge is 0.312 e. The van der Waals surface area contributed by atoms with Gasteiger partial charge in [-0.1, -0.05) is 13.3 Å². The van der Waals surface area contributed by atoms with Crippen molar-refractivity contribution in [3.8, 4) is 0 Å². The highest BCUT2D eigenvalue weighted by molar-refractivity contribution is 4.96. The zero-order chi connectivity index (χ0) is 12.3. The van der Waals surface area contributed by atoms with Gasteiger partial charge < -0.3 is 10.2 Å². The molecule has 0 spiro atoms. The molecule has 2 rings (SSSR count). The Balaban J connectivity index is 1.60. The fraction of sp³-hybridized carbons (Fsp3) is 1.00. The fourth-order valence-corrected chi connectivity index (χ4v) is 2.90. The fourth-order valence-electron chi connectivity index (χ4n) is 2.90. The minimum absolute atomic E-state index is 0.738. The zero-order valence-electron chi connectivity index (χ0n) is 11.9. The molecule has 0 amide bonds. The standard InChI is InChI=1S/C15H30N2/c1-4-5-12(2)17(3)11-10-16-15(13-6-7-13)14-8-9-14/h12-16H,4-11H2,1-3H3. The van der Waals surface area contributed by atoms with Crippen LogP contribution < -0.4 is 5.32 Å². The van der Waals surface area contributed by atoms with Gasteiger partial charge >= 0.3 is 0 Å². The summed E-state index contributed by atoms with van der Waals surface area (Å²) in [7, 11) is 2.27. The molecule has 2 nitrogen and oxygen atoms in total. The van der Waals surface area contributed by atoms with Gasteiger partial charge in [-0.3, -0.25) is 0 Å². The molecule has 0 bridgehead atoms. The topological polar surface area (TPSA) is 15.3 Å². The molecule has 0 heterocycles. The third-order valence-corrected chi connectivity index (χ3v) is 4.56. The van der Waals surface area contributed by atoms with E-state index in [1.807, 2.05) is 0 Å². The normalized spacial score (nSPS) is 22.4. The summed E-state index contributed by atoms with van der Waals surface area (Å²) < 4.78 is 0. The molecule has 0 saturated heterocycles. The molecule has 2 aliphatic carbocycles.